The van der Waals surface area contributed by atoms with Gasteiger partial charge in [0.15, 0.2) is 5.75 Å². The summed E-state index contributed by atoms with van der Waals surface area (Å²) in [7, 11) is 0. The Morgan fingerprint density at radius 3 is 2.62 bits per heavy atom. The number of hydrogen-bond acceptors (Lipinski definition) is 7. The lowest BCUT2D eigenvalue weighted by molar-refractivity contribution is -0.108. The van der Waals surface area contributed by atoms with Gasteiger partial charge in [-0.05, 0) is 53.6 Å². The van der Waals surface area contributed by atoms with Crippen LogP contribution in [-0.2, 0) is 11.3 Å². The van der Waals surface area contributed by atoms with Gasteiger partial charge in [0, 0.05) is 30.4 Å². The van der Waals surface area contributed by atoms with Gasteiger partial charge in [0.25, 0.3) is 11.8 Å². The zero-order valence-corrected chi connectivity index (χ0v) is 19.9. The first-order chi connectivity index (χ1) is 17.9. The van der Waals surface area contributed by atoms with Crippen molar-refractivity contribution in [2.24, 2.45) is 5.92 Å². The quantitative estimate of drug-likeness (QED) is 0.330. The second kappa shape index (κ2) is 10.2. The number of rotatable bonds is 9. The summed E-state index contributed by atoms with van der Waals surface area (Å²) in [5, 5.41) is 24.0. The molecule has 0 radical (unpaired) electrons. The van der Waals surface area contributed by atoms with Crippen LogP contribution in [0.4, 0.5) is 4.79 Å². The third kappa shape index (κ3) is 5.48. The molecule has 0 unspecified atom stereocenters. The summed E-state index contributed by atoms with van der Waals surface area (Å²) in [6, 6.07) is 12.8. The Kier molecular flexibility index (Phi) is 6.63. The van der Waals surface area contributed by atoms with Crippen LogP contribution in [0.2, 0.25) is 0 Å². The molecular formula is C27H26N4O6. The van der Waals surface area contributed by atoms with Gasteiger partial charge in [-0.25, -0.2) is 9.78 Å². The fourth-order valence-corrected chi connectivity index (χ4v) is 4.30. The molecule has 1 aromatic heterocycles. The smallest absolute Gasteiger partial charge is 0.321 e. The molecule has 1 fully saturated rings. The molecular weight excluding hydrogens is 476 g/mol. The molecule has 1 aliphatic heterocycles. The van der Waals surface area contributed by atoms with Gasteiger partial charge in [-0.1, -0.05) is 30.3 Å². The molecule has 10 nitrogen and oxygen atoms in total. The Labute approximate surface area is 212 Å². The van der Waals surface area contributed by atoms with Crippen molar-refractivity contribution in [2.75, 3.05) is 13.2 Å². The summed E-state index contributed by atoms with van der Waals surface area (Å²) in [5.74, 6) is 0.332. The van der Waals surface area contributed by atoms with Gasteiger partial charge in [0.1, 0.15) is 5.75 Å². The standard InChI is InChI=1S/C27H26N4O6/c32-15-29-27(36)30-23(18-5-3-17(4-6-18)20-9-24(33)25(34)28-11-20)13-31-12-19-7-8-21(10-22(19)26(31)35)37-14-16-1-2-16/h3-11,15-16,23,33H,1-2,12-14H2,(H,28,34)(H2,29,30,32,36)/t23-/m0/s1. The van der Waals surface area contributed by atoms with Gasteiger partial charge < -0.3 is 25.2 Å². The Morgan fingerprint density at radius 1 is 1.14 bits per heavy atom. The summed E-state index contributed by atoms with van der Waals surface area (Å²) < 4.78 is 5.83. The molecule has 2 heterocycles. The van der Waals surface area contributed by atoms with Gasteiger partial charge >= 0.3 is 6.03 Å². The largest absolute Gasteiger partial charge is 0.503 e. The third-order valence-corrected chi connectivity index (χ3v) is 6.53. The molecule has 0 saturated heterocycles. The lowest BCUT2D eigenvalue weighted by Gasteiger charge is -2.25. The van der Waals surface area contributed by atoms with Crippen LogP contribution in [0.25, 0.3) is 11.1 Å². The van der Waals surface area contributed by atoms with Crippen molar-refractivity contribution < 1.29 is 29.3 Å². The van der Waals surface area contributed by atoms with Crippen molar-refractivity contribution in [3.8, 4) is 28.5 Å². The van der Waals surface area contributed by atoms with E-state index in [9.17, 15) is 24.6 Å². The van der Waals surface area contributed by atoms with E-state index in [0.29, 0.717) is 47.9 Å². The van der Waals surface area contributed by atoms with Gasteiger partial charge in [-0.2, -0.15) is 0 Å². The second-order valence-electron chi connectivity index (χ2n) is 9.24. The summed E-state index contributed by atoms with van der Waals surface area (Å²) in [5.41, 5.74) is 3.49. The molecule has 2 aromatic carbocycles. The second-order valence-corrected chi connectivity index (χ2v) is 9.24. The van der Waals surface area contributed by atoms with E-state index in [4.69, 9.17) is 4.74 Å². The van der Waals surface area contributed by atoms with Crippen LogP contribution in [0.1, 0.15) is 40.4 Å². The van der Waals surface area contributed by atoms with Gasteiger partial charge in [0.05, 0.1) is 12.6 Å². The van der Waals surface area contributed by atoms with Crippen LogP contribution in [0.3, 0.4) is 0 Å². The number of benzene rings is 2. The maximum Gasteiger partial charge on any atom is 0.321 e. The minimum Gasteiger partial charge on any atom is -0.503 e. The highest BCUT2D eigenvalue weighted by Gasteiger charge is 2.31. The van der Waals surface area contributed by atoms with Crippen molar-refractivity contribution in [1.82, 2.24) is 20.5 Å². The van der Waals surface area contributed by atoms with E-state index in [1.165, 1.54) is 25.1 Å². The first kappa shape index (κ1) is 24.1. The number of amides is 4. The number of aromatic nitrogens is 1. The minimum absolute atomic E-state index is 0.156. The zero-order valence-electron chi connectivity index (χ0n) is 19.9. The molecule has 190 valence electrons. The number of nitrogens with one attached hydrogen (secondary N) is 2. The normalized spacial score (nSPS) is 15.1. The number of imide groups is 1. The highest BCUT2D eigenvalue weighted by molar-refractivity contribution is 5.98. The highest BCUT2D eigenvalue weighted by atomic mass is 16.5. The average molecular weight is 503 g/mol. The van der Waals surface area contributed by atoms with Crippen LogP contribution in [0.5, 0.6) is 17.4 Å². The fraction of sp³-hybridized carbons (Fsp3) is 0.259. The first-order valence-electron chi connectivity index (χ1n) is 11.9. The predicted octanol–water partition coefficient (Wildman–Crippen LogP) is 3.10. The van der Waals surface area contributed by atoms with E-state index >= 15 is 0 Å². The number of carbonyl (C=O) groups is 3. The van der Waals surface area contributed by atoms with Crippen LogP contribution in [0.15, 0.2) is 54.7 Å². The monoisotopic (exact) mass is 502 g/mol. The molecule has 10 heteroatoms. The molecule has 0 bridgehead atoms. The molecule has 3 aromatic rings. The SMILES string of the molecule is O=CNC(=O)N[C@@H](CN1Cc2ccc(OCC3CC3)cc2C1=O)c1ccc(-c2cnc(O)c(O)c2)cc1. The number of carbonyl (C=O) groups excluding carboxylic acids is 3. The number of ether oxygens (including phenoxy) is 1. The molecule has 1 aliphatic carbocycles. The number of pyridine rings is 1. The Morgan fingerprint density at radius 2 is 1.92 bits per heavy atom. The number of urea groups is 1. The van der Waals surface area contributed by atoms with Crippen LogP contribution in [0, 0.1) is 5.92 Å². The average Bonchev–Trinajstić information content (AvgIpc) is 3.68. The van der Waals surface area contributed by atoms with Crippen molar-refractivity contribution in [1.29, 1.82) is 0 Å². The highest BCUT2D eigenvalue weighted by Crippen LogP contribution is 2.33. The molecule has 37 heavy (non-hydrogen) atoms. The molecule has 4 N–H and O–H groups in total. The maximum absolute atomic E-state index is 13.2. The summed E-state index contributed by atoms with van der Waals surface area (Å²) in [4.78, 5) is 41.6. The van der Waals surface area contributed by atoms with Crippen molar-refractivity contribution in [2.45, 2.75) is 25.4 Å². The van der Waals surface area contributed by atoms with Crippen LogP contribution in [-0.4, -0.2) is 51.6 Å². The van der Waals surface area contributed by atoms with E-state index < -0.39 is 18.0 Å². The molecule has 2 aliphatic rings. The topological polar surface area (TPSA) is 141 Å². The van der Waals surface area contributed by atoms with Crippen molar-refractivity contribution in [3.05, 3.63) is 71.4 Å². The minimum atomic E-state index is -0.684. The zero-order chi connectivity index (χ0) is 25.9. The number of nitrogens with zero attached hydrogens (tertiary/aromatic N) is 2. The maximum atomic E-state index is 13.2. The third-order valence-electron chi connectivity index (χ3n) is 6.53. The van der Waals surface area contributed by atoms with Gasteiger partial charge in [-0.15, -0.1) is 0 Å². The summed E-state index contributed by atoms with van der Waals surface area (Å²) in [6.45, 7) is 1.23. The van der Waals surface area contributed by atoms with Gasteiger partial charge in [-0.3, -0.25) is 14.9 Å². The fourth-order valence-electron chi connectivity index (χ4n) is 4.30. The lowest BCUT2D eigenvalue weighted by Crippen LogP contribution is -2.42. The van der Waals surface area contributed by atoms with E-state index in [-0.39, 0.29) is 18.2 Å². The summed E-state index contributed by atoms with van der Waals surface area (Å²) in [6.07, 6.45) is 4.08. The predicted molar refractivity (Wildman–Crippen MR) is 133 cm³/mol. The van der Waals surface area contributed by atoms with Gasteiger partial charge in [0.2, 0.25) is 6.41 Å². The van der Waals surface area contributed by atoms with Crippen molar-refractivity contribution in [3.63, 3.8) is 0 Å². The molecule has 4 amide bonds. The van der Waals surface area contributed by atoms with Crippen LogP contribution < -0.4 is 15.4 Å². The van der Waals surface area contributed by atoms with Crippen LogP contribution >= 0.6 is 0 Å². The van der Waals surface area contributed by atoms with Crippen molar-refractivity contribution >= 4 is 18.3 Å². The Balaban J connectivity index is 1.33. The number of aromatic hydroxyl groups is 2. The van der Waals surface area contributed by atoms with E-state index in [2.05, 4.69) is 15.6 Å². The number of fused-ring (bicyclic) bond motifs is 1. The lowest BCUT2D eigenvalue weighted by atomic mass is 10.0. The molecule has 5 rings (SSSR count). The molecule has 1 atom stereocenters. The Bertz CT molecular complexity index is 1340. The molecule has 0 spiro atoms. The van der Waals surface area contributed by atoms with E-state index in [1.54, 1.807) is 35.2 Å². The summed E-state index contributed by atoms with van der Waals surface area (Å²) >= 11 is 0. The van der Waals surface area contributed by atoms with E-state index in [0.717, 1.165) is 11.1 Å². The van der Waals surface area contributed by atoms with E-state index in [1.807, 2.05) is 12.1 Å². The number of hydrogen-bond donors (Lipinski definition) is 4. The molecule has 1 saturated carbocycles. The Hall–Kier alpha value is -4.60. The first-order valence-corrected chi connectivity index (χ1v) is 11.9.